The van der Waals surface area contributed by atoms with Gasteiger partial charge in [0.2, 0.25) is 12.2 Å². The second-order valence-electron chi connectivity index (χ2n) is 4.82. The highest BCUT2D eigenvalue weighted by Gasteiger charge is 2.03. The molecule has 124 valence electrons. The molecule has 25 heavy (non-hydrogen) atoms. The first-order chi connectivity index (χ1) is 12.2. The standard InChI is InChI=1S/C19H14N2O4/c1-25-18-8-4-15(5-9-18)19(21-13-23)11-16(20-12-22)10-14-2-6-17(24)7-3-14/h2-11,24H,1H3. The van der Waals surface area contributed by atoms with Crippen LogP contribution in [0.15, 0.2) is 70.3 Å². The van der Waals surface area contributed by atoms with Crippen LogP contribution < -0.4 is 4.74 Å². The summed E-state index contributed by atoms with van der Waals surface area (Å²) in [6, 6.07) is 13.2. The van der Waals surface area contributed by atoms with Crippen molar-refractivity contribution in [3.8, 4) is 11.5 Å². The number of methoxy groups -OCH3 is 1. The lowest BCUT2D eigenvalue weighted by atomic mass is 10.1. The molecule has 0 amide bonds. The van der Waals surface area contributed by atoms with Gasteiger partial charge in [-0.3, -0.25) is 0 Å². The number of benzene rings is 2. The number of aromatic hydroxyl groups is 1. The quantitative estimate of drug-likeness (QED) is 0.498. The molecule has 0 atom stereocenters. The molecule has 0 spiro atoms. The Hall–Kier alpha value is -3.72. The van der Waals surface area contributed by atoms with Crippen LogP contribution >= 0.6 is 0 Å². The van der Waals surface area contributed by atoms with E-state index in [0.717, 1.165) is 0 Å². The number of hydrogen-bond acceptors (Lipinski definition) is 6. The summed E-state index contributed by atoms with van der Waals surface area (Å²) in [5.41, 5.74) is 1.85. The Kier molecular flexibility index (Phi) is 6.20. The van der Waals surface area contributed by atoms with Crippen LogP contribution in [0.1, 0.15) is 11.1 Å². The van der Waals surface area contributed by atoms with Crippen molar-refractivity contribution in [1.29, 1.82) is 0 Å². The molecule has 0 unspecified atom stereocenters. The van der Waals surface area contributed by atoms with Crippen LogP contribution in [0.4, 0.5) is 0 Å². The molecule has 0 aliphatic carbocycles. The molecule has 2 aromatic carbocycles. The average molecular weight is 334 g/mol. The Bertz CT molecular complexity index is 884. The second-order valence-corrected chi connectivity index (χ2v) is 4.82. The largest absolute Gasteiger partial charge is 0.508 e. The fraction of sp³-hybridized carbons (Fsp3) is 0.0526. The average Bonchev–Trinajstić information content (AvgIpc) is 2.63. The molecule has 2 rings (SSSR count). The highest BCUT2D eigenvalue weighted by atomic mass is 16.5. The zero-order chi connectivity index (χ0) is 18.1. The summed E-state index contributed by atoms with van der Waals surface area (Å²) < 4.78 is 5.09. The summed E-state index contributed by atoms with van der Waals surface area (Å²) in [5, 5.41) is 9.31. The van der Waals surface area contributed by atoms with Crippen molar-refractivity contribution in [2.45, 2.75) is 0 Å². The maximum absolute atomic E-state index is 10.7. The van der Waals surface area contributed by atoms with Crippen molar-refractivity contribution in [1.82, 2.24) is 0 Å². The van der Waals surface area contributed by atoms with Gasteiger partial charge in [-0.05, 0) is 54.1 Å². The number of aliphatic imine (C=N–C) groups is 2. The zero-order valence-corrected chi connectivity index (χ0v) is 13.3. The summed E-state index contributed by atoms with van der Waals surface area (Å²) in [6.07, 6.45) is 6.01. The van der Waals surface area contributed by atoms with Crippen LogP contribution in [0, 0.1) is 0 Å². The molecule has 1 N–H and O–H groups in total. The second kappa shape index (κ2) is 8.79. The molecule has 0 bridgehead atoms. The lowest BCUT2D eigenvalue weighted by Crippen LogP contribution is -1.86. The Balaban J connectivity index is 2.47. The minimum Gasteiger partial charge on any atom is -0.508 e. The van der Waals surface area contributed by atoms with Gasteiger partial charge in [-0.15, -0.1) is 0 Å². The van der Waals surface area contributed by atoms with Crippen molar-refractivity contribution in [3.63, 3.8) is 0 Å². The minimum atomic E-state index is 0.123. The van der Waals surface area contributed by atoms with Gasteiger partial charge in [0.05, 0.1) is 18.5 Å². The molecule has 6 nitrogen and oxygen atoms in total. The molecular formula is C19H14N2O4. The molecule has 6 heteroatoms. The highest BCUT2D eigenvalue weighted by molar-refractivity contribution is 5.74. The smallest absolute Gasteiger partial charge is 0.240 e. The van der Waals surface area contributed by atoms with Gasteiger partial charge in [-0.2, -0.15) is 9.98 Å². The summed E-state index contributed by atoms with van der Waals surface area (Å²) in [6.45, 7) is 0. The molecule has 0 aliphatic heterocycles. The van der Waals surface area contributed by atoms with E-state index in [4.69, 9.17) is 4.74 Å². The van der Waals surface area contributed by atoms with Gasteiger partial charge in [0.15, 0.2) is 0 Å². The Morgan fingerprint density at radius 1 is 1.00 bits per heavy atom. The number of phenolic OH excluding ortho intramolecular Hbond substituents is 1. The molecule has 0 radical (unpaired) electrons. The lowest BCUT2D eigenvalue weighted by molar-refractivity contribution is 0.415. The predicted molar refractivity (Wildman–Crippen MR) is 93.3 cm³/mol. The van der Waals surface area contributed by atoms with E-state index in [1.54, 1.807) is 49.6 Å². The lowest BCUT2D eigenvalue weighted by Gasteiger charge is -2.03. The topological polar surface area (TPSA) is 88.3 Å². The number of isocyanates is 2. The predicted octanol–water partition coefficient (Wildman–Crippen LogP) is 3.45. The molecular weight excluding hydrogens is 320 g/mol. The van der Waals surface area contributed by atoms with E-state index in [9.17, 15) is 14.7 Å². The van der Waals surface area contributed by atoms with Crippen LogP contribution in [-0.2, 0) is 9.59 Å². The number of phenols is 1. The molecule has 2 aromatic rings. The third-order valence-corrected chi connectivity index (χ3v) is 3.22. The number of rotatable bonds is 6. The number of hydrogen-bond donors (Lipinski definition) is 1. The van der Waals surface area contributed by atoms with Crippen LogP contribution in [0.25, 0.3) is 11.8 Å². The van der Waals surface area contributed by atoms with Gasteiger partial charge >= 0.3 is 0 Å². The molecule has 0 fully saturated rings. The van der Waals surface area contributed by atoms with Crippen molar-refractivity contribution in [2.75, 3.05) is 7.11 Å². The Morgan fingerprint density at radius 2 is 1.64 bits per heavy atom. The zero-order valence-electron chi connectivity index (χ0n) is 13.3. The number of carbonyl (C=O) groups excluding carboxylic acids is 2. The third-order valence-electron chi connectivity index (χ3n) is 3.22. The normalized spacial score (nSPS) is 11.2. The van der Waals surface area contributed by atoms with Crippen LogP contribution in [-0.4, -0.2) is 24.4 Å². The monoisotopic (exact) mass is 334 g/mol. The van der Waals surface area contributed by atoms with Crippen LogP contribution in [0.2, 0.25) is 0 Å². The fourth-order valence-corrected chi connectivity index (χ4v) is 2.03. The third kappa shape index (κ3) is 5.15. The van der Waals surface area contributed by atoms with Gasteiger partial charge in [-0.1, -0.05) is 12.1 Å². The van der Waals surface area contributed by atoms with Gasteiger partial charge < -0.3 is 9.84 Å². The van der Waals surface area contributed by atoms with E-state index in [2.05, 4.69) is 9.98 Å². The van der Waals surface area contributed by atoms with E-state index in [0.29, 0.717) is 16.9 Å². The van der Waals surface area contributed by atoms with Gasteiger partial charge in [0.1, 0.15) is 11.5 Å². The van der Waals surface area contributed by atoms with E-state index in [1.165, 1.54) is 30.4 Å². The van der Waals surface area contributed by atoms with E-state index >= 15 is 0 Å². The Morgan fingerprint density at radius 3 is 2.20 bits per heavy atom. The van der Waals surface area contributed by atoms with Crippen molar-refractivity contribution >= 4 is 23.9 Å². The summed E-state index contributed by atoms with van der Waals surface area (Å²) >= 11 is 0. The molecule has 0 aliphatic rings. The molecule has 0 saturated heterocycles. The highest BCUT2D eigenvalue weighted by Crippen LogP contribution is 2.22. The van der Waals surface area contributed by atoms with Crippen molar-refractivity contribution in [2.24, 2.45) is 9.98 Å². The molecule has 0 heterocycles. The van der Waals surface area contributed by atoms with Crippen molar-refractivity contribution in [3.05, 3.63) is 71.4 Å². The number of ether oxygens (including phenoxy) is 1. The summed E-state index contributed by atoms with van der Waals surface area (Å²) in [7, 11) is 1.55. The van der Waals surface area contributed by atoms with Gasteiger partial charge in [0, 0.05) is 5.56 Å². The molecule has 0 aromatic heterocycles. The van der Waals surface area contributed by atoms with E-state index in [1.807, 2.05) is 0 Å². The van der Waals surface area contributed by atoms with Crippen LogP contribution in [0.5, 0.6) is 11.5 Å². The van der Waals surface area contributed by atoms with E-state index in [-0.39, 0.29) is 17.1 Å². The number of nitrogens with zero attached hydrogens (tertiary/aromatic N) is 2. The first-order valence-corrected chi connectivity index (χ1v) is 7.19. The van der Waals surface area contributed by atoms with Crippen LogP contribution in [0.3, 0.4) is 0 Å². The first-order valence-electron chi connectivity index (χ1n) is 7.19. The summed E-state index contributed by atoms with van der Waals surface area (Å²) in [5.74, 6) is 0.779. The van der Waals surface area contributed by atoms with Gasteiger partial charge in [-0.25, -0.2) is 9.59 Å². The van der Waals surface area contributed by atoms with Gasteiger partial charge in [0.25, 0.3) is 0 Å². The first kappa shape index (κ1) is 17.6. The maximum Gasteiger partial charge on any atom is 0.240 e. The minimum absolute atomic E-state index is 0.123. The van der Waals surface area contributed by atoms with E-state index < -0.39 is 0 Å². The summed E-state index contributed by atoms with van der Waals surface area (Å²) in [4.78, 5) is 28.7. The maximum atomic E-state index is 10.7. The SMILES string of the molecule is COc1ccc(C(=CC(=Cc2ccc(O)cc2)N=C=O)N=C=O)cc1. The fourth-order valence-electron chi connectivity index (χ4n) is 2.03. The number of allylic oxidation sites excluding steroid dienone is 1. The molecule has 0 saturated carbocycles. The van der Waals surface area contributed by atoms with Crippen molar-refractivity contribution < 1.29 is 19.4 Å². The Labute approximate surface area is 144 Å².